The first-order valence-corrected chi connectivity index (χ1v) is 7.46. The van der Waals surface area contributed by atoms with E-state index < -0.39 is 15.0 Å². The third kappa shape index (κ3) is 5.45. The molecule has 0 aromatic carbocycles. The molecule has 0 saturated heterocycles. The van der Waals surface area contributed by atoms with Gasteiger partial charge in [-0.05, 0) is 34.6 Å². The number of hydrogen-bond acceptors (Lipinski definition) is 5. The van der Waals surface area contributed by atoms with E-state index in [1.807, 2.05) is 0 Å². The molecule has 0 amide bonds. The highest BCUT2D eigenvalue weighted by molar-refractivity contribution is 6.55. The highest BCUT2D eigenvalue weighted by Gasteiger charge is 2.49. The van der Waals surface area contributed by atoms with Crippen LogP contribution in [0.25, 0.3) is 0 Å². The Balaban J connectivity index is 4.81. The maximum Gasteiger partial charge on any atom is 0.751 e. The molecule has 0 unspecified atom stereocenters. The minimum Gasteiger partial charge on any atom is -0.448 e. The maximum absolute atomic E-state index is 11.7. The topological polar surface area (TPSA) is 54.0 Å². The van der Waals surface area contributed by atoms with Crippen LogP contribution in [0.15, 0.2) is 11.6 Å². The molecule has 0 spiro atoms. The lowest BCUT2D eigenvalue weighted by Gasteiger charge is -2.26. The summed E-state index contributed by atoms with van der Waals surface area (Å²) in [5, 5.41) is 0. The number of carbonyl (C=O) groups is 1. The van der Waals surface area contributed by atoms with Crippen LogP contribution in [0.3, 0.4) is 0 Å². The van der Waals surface area contributed by atoms with Crippen molar-refractivity contribution in [3.8, 4) is 0 Å². The second kappa shape index (κ2) is 8.41. The summed E-state index contributed by atoms with van der Waals surface area (Å²) in [4.78, 5) is 11.7. The molecule has 6 heteroatoms. The van der Waals surface area contributed by atoms with E-state index in [2.05, 4.69) is 0 Å². The van der Waals surface area contributed by atoms with Crippen molar-refractivity contribution in [1.82, 2.24) is 0 Å². The molecule has 0 aliphatic carbocycles. The van der Waals surface area contributed by atoms with Crippen LogP contribution in [0, 0.1) is 0 Å². The summed E-state index contributed by atoms with van der Waals surface area (Å²) < 4.78 is 21.5. The first kappa shape index (κ1) is 16.3. The van der Waals surface area contributed by atoms with Crippen molar-refractivity contribution >= 4 is 15.0 Å². The fraction of sp³-hybridized carbons (Fsp3) is 0.727. The van der Waals surface area contributed by atoms with Crippen molar-refractivity contribution in [3.63, 3.8) is 0 Å². The molecule has 100 valence electrons. The molecule has 0 atom stereocenters. The van der Waals surface area contributed by atoms with Gasteiger partial charge in [0.05, 0.1) is 0 Å². The molecular weight excluding hydrogens is 240 g/mol. The predicted octanol–water partition coefficient (Wildman–Crippen LogP) is 2.04. The average Bonchev–Trinajstić information content (AvgIpc) is 2.28. The lowest BCUT2D eigenvalue weighted by molar-refractivity contribution is -0.140. The first-order valence-electron chi connectivity index (χ1n) is 5.83. The second-order valence-corrected chi connectivity index (χ2v) is 5.23. The molecule has 0 bridgehead atoms. The van der Waals surface area contributed by atoms with Crippen LogP contribution < -0.4 is 0 Å². The lowest BCUT2D eigenvalue weighted by atomic mass is 10.3. The molecule has 0 aromatic heterocycles. The zero-order valence-electron chi connectivity index (χ0n) is 11.2. The minimum atomic E-state index is -3.33. The minimum absolute atomic E-state index is 0.369. The lowest BCUT2D eigenvalue weighted by Crippen LogP contribution is -2.50. The van der Waals surface area contributed by atoms with E-state index in [9.17, 15) is 4.79 Å². The Kier molecular flexibility index (Phi) is 8.06. The van der Waals surface area contributed by atoms with Gasteiger partial charge in [-0.2, -0.15) is 0 Å². The summed E-state index contributed by atoms with van der Waals surface area (Å²) in [5.74, 6) is -0.463. The highest BCUT2D eigenvalue weighted by atomic mass is 28.4. The number of carbonyl (C=O) groups excluding carboxylic acids is 1. The van der Waals surface area contributed by atoms with E-state index in [1.54, 1.807) is 40.7 Å². The molecule has 5 nitrogen and oxygen atoms in total. The molecule has 0 saturated carbocycles. The second-order valence-electron chi connectivity index (χ2n) is 3.16. The Morgan fingerprint density at radius 1 is 1.06 bits per heavy atom. The number of rotatable bonds is 8. The fourth-order valence-electron chi connectivity index (χ4n) is 1.06. The van der Waals surface area contributed by atoms with Crippen molar-refractivity contribution in [3.05, 3.63) is 11.6 Å². The summed E-state index contributed by atoms with van der Waals surface area (Å²) in [6.07, 6.45) is 1.67. The smallest absolute Gasteiger partial charge is 0.448 e. The van der Waals surface area contributed by atoms with Crippen LogP contribution in [0.1, 0.15) is 34.6 Å². The quantitative estimate of drug-likeness (QED) is 0.495. The van der Waals surface area contributed by atoms with Crippen LogP contribution in [-0.4, -0.2) is 34.8 Å². The largest absolute Gasteiger partial charge is 0.751 e. The Hall–Kier alpha value is -0.693. The van der Waals surface area contributed by atoms with Gasteiger partial charge in [-0.25, -0.2) is 4.79 Å². The third-order valence-corrected chi connectivity index (χ3v) is 4.30. The molecular formula is C11H22O5Si. The van der Waals surface area contributed by atoms with Crippen LogP contribution in [0.4, 0.5) is 0 Å². The standard InChI is InChI=1S/C11H22O5Si/c1-6-10(5)11(12)16-17(13-7-2,14-8-3)15-9-4/h6H,7-9H2,1-5H3. The average molecular weight is 262 g/mol. The molecule has 0 heterocycles. The van der Waals surface area contributed by atoms with E-state index in [0.717, 1.165) is 0 Å². The number of allylic oxidation sites excluding steroid dienone is 1. The molecule has 0 N–H and O–H groups in total. The maximum atomic E-state index is 11.7. The monoisotopic (exact) mass is 262 g/mol. The number of hydrogen-bond donors (Lipinski definition) is 0. The van der Waals surface area contributed by atoms with Crippen LogP contribution in [-0.2, 0) is 22.5 Å². The van der Waals surface area contributed by atoms with Gasteiger partial charge in [0.15, 0.2) is 0 Å². The molecule has 0 rings (SSSR count). The third-order valence-electron chi connectivity index (χ3n) is 1.94. The summed E-state index contributed by atoms with van der Waals surface area (Å²) in [7, 11) is -3.33. The van der Waals surface area contributed by atoms with E-state index in [-0.39, 0.29) is 0 Å². The predicted molar refractivity (Wildman–Crippen MR) is 66.2 cm³/mol. The summed E-state index contributed by atoms with van der Waals surface area (Å²) in [6.45, 7) is 9.95. The molecule has 0 aliphatic heterocycles. The summed E-state index contributed by atoms with van der Waals surface area (Å²) in [5.41, 5.74) is 0.501. The molecule has 17 heavy (non-hydrogen) atoms. The van der Waals surface area contributed by atoms with E-state index in [4.69, 9.17) is 17.7 Å². The van der Waals surface area contributed by atoms with Gasteiger partial charge in [0.25, 0.3) is 0 Å². The molecule has 0 fully saturated rings. The Bertz CT molecular complexity index is 248. The van der Waals surface area contributed by atoms with Crippen molar-refractivity contribution in [2.45, 2.75) is 34.6 Å². The summed E-state index contributed by atoms with van der Waals surface area (Å²) >= 11 is 0. The van der Waals surface area contributed by atoms with Crippen molar-refractivity contribution in [2.75, 3.05) is 19.8 Å². The SMILES string of the molecule is CC=C(C)C(=O)O[Si](OCC)(OCC)OCC. The highest BCUT2D eigenvalue weighted by Crippen LogP contribution is 2.14. The zero-order valence-corrected chi connectivity index (χ0v) is 12.2. The van der Waals surface area contributed by atoms with E-state index in [1.165, 1.54) is 0 Å². The molecule has 0 aliphatic rings. The molecule has 0 radical (unpaired) electrons. The van der Waals surface area contributed by atoms with Crippen molar-refractivity contribution < 1.29 is 22.5 Å². The Labute approximate surface area is 104 Å². The zero-order chi connectivity index (χ0) is 13.3. The van der Waals surface area contributed by atoms with Gasteiger partial charge in [0.2, 0.25) is 0 Å². The molecule has 0 aromatic rings. The van der Waals surface area contributed by atoms with Crippen LogP contribution in [0.2, 0.25) is 0 Å². The van der Waals surface area contributed by atoms with Gasteiger partial charge in [-0.1, -0.05) is 6.08 Å². The normalized spacial score (nSPS) is 12.6. The van der Waals surface area contributed by atoms with E-state index in [0.29, 0.717) is 25.4 Å². The van der Waals surface area contributed by atoms with Gasteiger partial charge in [0, 0.05) is 25.4 Å². The van der Waals surface area contributed by atoms with Crippen molar-refractivity contribution in [2.24, 2.45) is 0 Å². The van der Waals surface area contributed by atoms with Gasteiger partial charge in [0.1, 0.15) is 0 Å². The van der Waals surface area contributed by atoms with Gasteiger partial charge in [-0.3, -0.25) is 0 Å². The van der Waals surface area contributed by atoms with E-state index >= 15 is 0 Å². The first-order chi connectivity index (χ1) is 8.05. The van der Waals surface area contributed by atoms with Crippen molar-refractivity contribution in [1.29, 1.82) is 0 Å². The van der Waals surface area contributed by atoms with Gasteiger partial charge in [-0.15, -0.1) is 0 Å². The van der Waals surface area contributed by atoms with Crippen LogP contribution >= 0.6 is 0 Å². The van der Waals surface area contributed by atoms with Crippen LogP contribution in [0.5, 0.6) is 0 Å². The Morgan fingerprint density at radius 2 is 1.47 bits per heavy atom. The summed E-state index contributed by atoms with van der Waals surface area (Å²) in [6, 6.07) is 0. The Morgan fingerprint density at radius 3 is 1.76 bits per heavy atom. The van der Waals surface area contributed by atoms with Gasteiger partial charge < -0.3 is 17.7 Å². The fourth-order valence-corrected chi connectivity index (χ4v) is 2.93. The van der Waals surface area contributed by atoms with Gasteiger partial charge >= 0.3 is 15.0 Å².